The molecule has 0 aromatic heterocycles. The Bertz CT molecular complexity index is 586. The number of carbonyl (C=O) groups is 2. The lowest BCUT2D eigenvalue weighted by Crippen LogP contribution is -2.26. The minimum Gasteiger partial charge on any atom is -0.465 e. The van der Waals surface area contributed by atoms with Crippen LogP contribution in [0.3, 0.4) is 0 Å². The molecule has 7 nitrogen and oxygen atoms in total. The molecule has 0 aliphatic rings. The highest BCUT2D eigenvalue weighted by Crippen LogP contribution is 2.35. The normalized spacial score (nSPS) is 10.4. The van der Waals surface area contributed by atoms with Crippen molar-refractivity contribution in [3.05, 3.63) is 37.9 Å². The maximum absolute atomic E-state index is 12.0. The summed E-state index contributed by atoms with van der Waals surface area (Å²) in [6.45, 7) is 3.25. The number of hydrogen-bond donors (Lipinski definition) is 0. The highest BCUT2D eigenvalue weighted by atomic mass is 35.5. The highest BCUT2D eigenvalue weighted by molar-refractivity contribution is 6.35. The second kappa shape index (κ2) is 7.95. The van der Waals surface area contributed by atoms with Gasteiger partial charge in [-0.25, -0.2) is 0 Å². The lowest BCUT2D eigenvalue weighted by atomic mass is 9.98. The Morgan fingerprint density at radius 3 is 2.05 bits per heavy atom. The first-order chi connectivity index (χ1) is 10.3. The number of rotatable bonds is 6. The smallest absolute Gasteiger partial charge is 0.324 e. The number of nitro benzene ring substituents is 1. The van der Waals surface area contributed by atoms with E-state index in [1.54, 1.807) is 13.8 Å². The Balaban J connectivity index is 3.36. The summed E-state index contributed by atoms with van der Waals surface area (Å²) in [5.41, 5.74) is -0.434. The van der Waals surface area contributed by atoms with E-state index in [0.717, 1.165) is 12.1 Å². The van der Waals surface area contributed by atoms with Crippen molar-refractivity contribution >= 4 is 40.8 Å². The van der Waals surface area contributed by atoms with Gasteiger partial charge in [0, 0.05) is 6.07 Å². The molecule has 0 saturated carbocycles. The maximum atomic E-state index is 12.0. The number of hydrogen-bond acceptors (Lipinski definition) is 6. The largest absolute Gasteiger partial charge is 0.465 e. The van der Waals surface area contributed by atoms with Crippen LogP contribution in [0.4, 0.5) is 5.69 Å². The zero-order valence-corrected chi connectivity index (χ0v) is 13.3. The second-order valence-electron chi connectivity index (χ2n) is 4.02. The summed E-state index contributed by atoms with van der Waals surface area (Å²) in [6.07, 6.45) is 0. The molecule has 9 heteroatoms. The minimum absolute atomic E-state index is 0.00540. The zero-order chi connectivity index (χ0) is 16.9. The molecule has 0 aliphatic heterocycles. The summed E-state index contributed by atoms with van der Waals surface area (Å²) < 4.78 is 9.65. The van der Waals surface area contributed by atoms with Gasteiger partial charge < -0.3 is 9.47 Å². The van der Waals surface area contributed by atoms with Crippen LogP contribution in [0.25, 0.3) is 0 Å². The third kappa shape index (κ3) is 4.08. The van der Waals surface area contributed by atoms with Crippen LogP contribution in [0.1, 0.15) is 25.3 Å². The lowest BCUT2D eigenvalue weighted by molar-refractivity contribution is -0.384. The molecule has 0 atom stereocenters. The molecule has 1 rings (SSSR count). The molecule has 0 unspecified atom stereocenters. The molecule has 1 aromatic carbocycles. The number of ether oxygens (including phenoxy) is 2. The Morgan fingerprint density at radius 2 is 1.64 bits per heavy atom. The van der Waals surface area contributed by atoms with Crippen LogP contribution < -0.4 is 0 Å². The number of halogens is 2. The van der Waals surface area contributed by atoms with Gasteiger partial charge in [0.05, 0.1) is 23.2 Å². The number of nitro groups is 1. The number of nitrogens with zero attached hydrogens (tertiary/aromatic N) is 1. The van der Waals surface area contributed by atoms with Crippen LogP contribution in [0, 0.1) is 10.1 Å². The van der Waals surface area contributed by atoms with Crippen molar-refractivity contribution in [1.29, 1.82) is 0 Å². The van der Waals surface area contributed by atoms with Gasteiger partial charge in [0.25, 0.3) is 5.69 Å². The first kappa shape index (κ1) is 18.2. The average molecular weight is 350 g/mol. The van der Waals surface area contributed by atoms with Crippen molar-refractivity contribution in [2.24, 2.45) is 0 Å². The Kier molecular flexibility index (Phi) is 6.58. The van der Waals surface area contributed by atoms with Gasteiger partial charge >= 0.3 is 11.9 Å². The molecule has 0 amide bonds. The van der Waals surface area contributed by atoms with E-state index in [2.05, 4.69) is 0 Å². The molecular weight excluding hydrogens is 337 g/mol. The van der Waals surface area contributed by atoms with Crippen molar-refractivity contribution in [2.45, 2.75) is 19.8 Å². The molecule has 0 saturated heterocycles. The van der Waals surface area contributed by atoms with Crippen LogP contribution in [0.15, 0.2) is 12.1 Å². The maximum Gasteiger partial charge on any atom is 0.324 e. The summed E-state index contributed by atoms with van der Waals surface area (Å²) in [4.78, 5) is 34.1. The third-order valence-corrected chi connectivity index (χ3v) is 3.25. The van der Waals surface area contributed by atoms with Gasteiger partial charge in [0.1, 0.15) is 5.02 Å². The van der Waals surface area contributed by atoms with E-state index in [4.69, 9.17) is 32.7 Å². The summed E-state index contributed by atoms with van der Waals surface area (Å²) in [7, 11) is 0. The van der Waals surface area contributed by atoms with Crippen LogP contribution >= 0.6 is 23.2 Å². The van der Waals surface area contributed by atoms with Crippen molar-refractivity contribution in [3.63, 3.8) is 0 Å². The Labute approximate surface area is 136 Å². The predicted molar refractivity (Wildman–Crippen MR) is 79.1 cm³/mol. The zero-order valence-electron chi connectivity index (χ0n) is 11.8. The van der Waals surface area contributed by atoms with Crippen LogP contribution in [0.5, 0.6) is 0 Å². The SMILES string of the molecule is CCOC(=O)C(C(=O)OCC)c1cc(Cl)c([N+](=O)[O-])cc1Cl. The van der Waals surface area contributed by atoms with Gasteiger partial charge in [-0.15, -0.1) is 0 Å². The third-order valence-electron chi connectivity index (χ3n) is 2.62. The minimum atomic E-state index is -1.45. The topological polar surface area (TPSA) is 95.7 Å². The molecule has 120 valence electrons. The quantitative estimate of drug-likeness (QED) is 0.339. The summed E-state index contributed by atoms with van der Waals surface area (Å²) >= 11 is 11.7. The fourth-order valence-electron chi connectivity index (χ4n) is 1.71. The van der Waals surface area contributed by atoms with E-state index in [-0.39, 0.29) is 28.8 Å². The predicted octanol–water partition coefficient (Wildman–Crippen LogP) is 3.11. The molecule has 22 heavy (non-hydrogen) atoms. The van der Waals surface area contributed by atoms with E-state index < -0.39 is 28.5 Å². The van der Waals surface area contributed by atoms with E-state index in [1.807, 2.05) is 0 Å². The van der Waals surface area contributed by atoms with Crippen LogP contribution in [-0.4, -0.2) is 30.1 Å². The number of benzene rings is 1. The first-order valence-corrected chi connectivity index (χ1v) is 7.05. The van der Waals surface area contributed by atoms with E-state index in [0.29, 0.717) is 0 Å². The number of esters is 2. The molecule has 0 bridgehead atoms. The van der Waals surface area contributed by atoms with Crippen LogP contribution in [0.2, 0.25) is 10.0 Å². The fourth-order valence-corrected chi connectivity index (χ4v) is 2.22. The molecule has 0 heterocycles. The van der Waals surface area contributed by atoms with Gasteiger partial charge in [0.2, 0.25) is 0 Å². The molecule has 0 radical (unpaired) electrons. The van der Waals surface area contributed by atoms with E-state index in [1.165, 1.54) is 0 Å². The van der Waals surface area contributed by atoms with Crippen molar-refractivity contribution < 1.29 is 24.0 Å². The Hall–Kier alpha value is -1.86. The van der Waals surface area contributed by atoms with E-state index in [9.17, 15) is 19.7 Å². The van der Waals surface area contributed by atoms with Gasteiger partial charge in [-0.05, 0) is 25.5 Å². The highest BCUT2D eigenvalue weighted by Gasteiger charge is 2.34. The van der Waals surface area contributed by atoms with Gasteiger partial charge in [-0.3, -0.25) is 19.7 Å². The van der Waals surface area contributed by atoms with Gasteiger partial charge in [0.15, 0.2) is 5.92 Å². The van der Waals surface area contributed by atoms with Gasteiger partial charge in [-0.1, -0.05) is 23.2 Å². The molecular formula is C13H13Cl2NO6. The summed E-state index contributed by atoms with van der Waals surface area (Å²) in [5, 5.41) is 10.4. The average Bonchev–Trinajstić information content (AvgIpc) is 2.42. The van der Waals surface area contributed by atoms with Gasteiger partial charge in [-0.2, -0.15) is 0 Å². The number of carbonyl (C=O) groups excluding carboxylic acids is 2. The van der Waals surface area contributed by atoms with E-state index >= 15 is 0 Å². The van der Waals surface area contributed by atoms with Crippen molar-refractivity contribution in [1.82, 2.24) is 0 Å². The van der Waals surface area contributed by atoms with Crippen molar-refractivity contribution in [3.8, 4) is 0 Å². The van der Waals surface area contributed by atoms with Crippen LogP contribution in [-0.2, 0) is 19.1 Å². The summed E-state index contributed by atoms with van der Waals surface area (Å²) in [5.74, 6) is -3.19. The molecule has 0 aliphatic carbocycles. The fraction of sp³-hybridized carbons (Fsp3) is 0.385. The standard InChI is InChI=1S/C13H13Cl2NO6/c1-3-21-12(17)11(13(18)22-4-2)7-5-9(15)10(16(19)20)6-8(7)14/h5-6,11H,3-4H2,1-2H3. The summed E-state index contributed by atoms with van der Waals surface area (Å²) in [6, 6.07) is 2.07. The molecule has 0 N–H and O–H groups in total. The van der Waals surface area contributed by atoms with Crippen molar-refractivity contribution in [2.75, 3.05) is 13.2 Å². The second-order valence-corrected chi connectivity index (χ2v) is 4.83. The molecule has 0 fully saturated rings. The lowest BCUT2D eigenvalue weighted by Gasteiger charge is -2.16. The molecule has 1 aromatic rings. The molecule has 0 spiro atoms. The first-order valence-electron chi connectivity index (χ1n) is 6.30. The Morgan fingerprint density at radius 1 is 1.14 bits per heavy atom. The monoisotopic (exact) mass is 349 g/mol.